The van der Waals surface area contributed by atoms with Gasteiger partial charge in [0.15, 0.2) is 0 Å². The van der Waals surface area contributed by atoms with E-state index in [4.69, 9.17) is 0 Å². The van der Waals surface area contributed by atoms with Crippen LogP contribution in [0.3, 0.4) is 0 Å². The molecule has 0 saturated carbocycles. The van der Waals surface area contributed by atoms with Gasteiger partial charge < -0.3 is 5.32 Å². The largest absolute Gasteiger partial charge is 0.365 e. The van der Waals surface area contributed by atoms with Crippen molar-refractivity contribution in [1.29, 1.82) is 0 Å². The summed E-state index contributed by atoms with van der Waals surface area (Å²) in [6, 6.07) is 18.7. The van der Waals surface area contributed by atoms with Crippen molar-refractivity contribution in [2.75, 3.05) is 5.32 Å². The van der Waals surface area contributed by atoms with Gasteiger partial charge in [0.2, 0.25) is 0 Å². The van der Waals surface area contributed by atoms with Crippen LogP contribution in [0.15, 0.2) is 73.3 Å². The van der Waals surface area contributed by atoms with Gasteiger partial charge in [0, 0.05) is 24.3 Å². The van der Waals surface area contributed by atoms with Gasteiger partial charge in [-0.3, -0.25) is 4.98 Å². The Kier molecular flexibility index (Phi) is 4.09. The van der Waals surface area contributed by atoms with E-state index in [0.29, 0.717) is 6.54 Å². The SMILES string of the molecule is Cc1ccc2ncnc(NCc3ccc(-c4cccnc4)cc3)c2c1. The lowest BCUT2D eigenvalue weighted by Gasteiger charge is -2.09. The zero-order valence-corrected chi connectivity index (χ0v) is 14.0. The molecular formula is C21H18N4. The van der Waals surface area contributed by atoms with Crippen LogP contribution in [-0.4, -0.2) is 15.0 Å². The van der Waals surface area contributed by atoms with Gasteiger partial charge in [-0.2, -0.15) is 0 Å². The van der Waals surface area contributed by atoms with Gasteiger partial charge in [0.1, 0.15) is 12.1 Å². The van der Waals surface area contributed by atoms with Crippen LogP contribution in [0.5, 0.6) is 0 Å². The maximum Gasteiger partial charge on any atom is 0.137 e. The van der Waals surface area contributed by atoms with E-state index in [0.717, 1.165) is 22.3 Å². The maximum absolute atomic E-state index is 4.40. The molecule has 0 saturated heterocycles. The third-order valence-corrected chi connectivity index (χ3v) is 4.20. The number of hydrogen-bond donors (Lipinski definition) is 1. The Hall–Kier alpha value is -3.27. The number of hydrogen-bond acceptors (Lipinski definition) is 4. The minimum Gasteiger partial charge on any atom is -0.365 e. The van der Waals surface area contributed by atoms with Crippen molar-refractivity contribution < 1.29 is 0 Å². The fourth-order valence-corrected chi connectivity index (χ4v) is 2.85. The Labute approximate surface area is 146 Å². The van der Waals surface area contributed by atoms with Crippen LogP contribution in [-0.2, 0) is 6.54 Å². The highest BCUT2D eigenvalue weighted by Gasteiger charge is 2.04. The first kappa shape index (κ1) is 15.3. The first-order chi connectivity index (χ1) is 12.3. The summed E-state index contributed by atoms with van der Waals surface area (Å²) in [5, 5.41) is 4.48. The lowest BCUT2D eigenvalue weighted by Crippen LogP contribution is -2.02. The molecule has 122 valence electrons. The van der Waals surface area contributed by atoms with Gasteiger partial charge in [-0.15, -0.1) is 0 Å². The third kappa shape index (κ3) is 3.33. The van der Waals surface area contributed by atoms with E-state index < -0.39 is 0 Å². The van der Waals surface area contributed by atoms with Gasteiger partial charge in [-0.25, -0.2) is 9.97 Å². The molecule has 0 aliphatic carbocycles. The summed E-state index contributed by atoms with van der Waals surface area (Å²) < 4.78 is 0. The van der Waals surface area contributed by atoms with Crippen molar-refractivity contribution in [3.05, 3.63) is 84.4 Å². The number of benzene rings is 2. The maximum atomic E-state index is 4.40. The molecular weight excluding hydrogens is 308 g/mol. The standard InChI is InChI=1S/C21H18N4/c1-15-4-9-20-19(11-15)21(25-14-24-20)23-12-16-5-7-17(8-6-16)18-3-2-10-22-13-18/h2-11,13-14H,12H2,1H3,(H,23,24,25). The number of rotatable bonds is 4. The Bertz CT molecular complexity index is 995. The molecule has 4 aromatic rings. The Morgan fingerprint density at radius 2 is 1.80 bits per heavy atom. The quantitative estimate of drug-likeness (QED) is 0.595. The summed E-state index contributed by atoms with van der Waals surface area (Å²) in [5.41, 5.74) is 5.65. The predicted molar refractivity (Wildman–Crippen MR) is 101 cm³/mol. The van der Waals surface area contributed by atoms with Crippen LogP contribution < -0.4 is 5.32 Å². The first-order valence-electron chi connectivity index (χ1n) is 8.24. The molecule has 4 nitrogen and oxygen atoms in total. The Morgan fingerprint density at radius 3 is 2.60 bits per heavy atom. The molecule has 2 heterocycles. The van der Waals surface area contributed by atoms with E-state index in [1.807, 2.05) is 18.3 Å². The number of aryl methyl sites for hydroxylation is 1. The summed E-state index contributed by atoms with van der Waals surface area (Å²) in [5.74, 6) is 0.866. The molecule has 0 fully saturated rings. The normalized spacial score (nSPS) is 10.8. The number of fused-ring (bicyclic) bond motifs is 1. The van der Waals surface area contributed by atoms with E-state index in [-0.39, 0.29) is 0 Å². The lowest BCUT2D eigenvalue weighted by molar-refractivity contribution is 1.10. The van der Waals surface area contributed by atoms with E-state index in [1.54, 1.807) is 12.5 Å². The molecule has 0 aliphatic heterocycles. The van der Waals surface area contributed by atoms with Crippen molar-refractivity contribution in [2.45, 2.75) is 13.5 Å². The van der Waals surface area contributed by atoms with Gasteiger partial charge in [0.25, 0.3) is 0 Å². The predicted octanol–water partition coefficient (Wildman–Crippen LogP) is 4.61. The van der Waals surface area contributed by atoms with E-state index in [2.05, 4.69) is 69.7 Å². The second-order valence-electron chi connectivity index (χ2n) is 6.04. The van der Waals surface area contributed by atoms with Gasteiger partial charge in [-0.05, 0) is 41.8 Å². The van der Waals surface area contributed by atoms with Crippen molar-refractivity contribution in [2.24, 2.45) is 0 Å². The number of aromatic nitrogens is 3. The smallest absolute Gasteiger partial charge is 0.137 e. The summed E-state index contributed by atoms with van der Waals surface area (Å²) in [6.07, 6.45) is 5.27. The molecule has 25 heavy (non-hydrogen) atoms. The van der Waals surface area contributed by atoms with Crippen LogP contribution >= 0.6 is 0 Å². The minimum atomic E-state index is 0.716. The van der Waals surface area contributed by atoms with E-state index in [9.17, 15) is 0 Å². The van der Waals surface area contributed by atoms with Crippen LogP contribution in [0.1, 0.15) is 11.1 Å². The Morgan fingerprint density at radius 1 is 0.920 bits per heavy atom. The molecule has 0 bridgehead atoms. The molecule has 2 aromatic carbocycles. The average Bonchev–Trinajstić information content (AvgIpc) is 2.67. The van der Waals surface area contributed by atoms with Crippen molar-refractivity contribution in [3.8, 4) is 11.1 Å². The fraction of sp³-hybridized carbons (Fsp3) is 0.0952. The molecule has 0 aliphatic rings. The second-order valence-corrected chi connectivity index (χ2v) is 6.04. The molecule has 4 heteroatoms. The lowest BCUT2D eigenvalue weighted by atomic mass is 10.1. The molecule has 0 radical (unpaired) electrons. The van der Waals surface area contributed by atoms with Crippen LogP contribution in [0.4, 0.5) is 5.82 Å². The molecule has 0 amide bonds. The van der Waals surface area contributed by atoms with Crippen molar-refractivity contribution >= 4 is 16.7 Å². The van der Waals surface area contributed by atoms with Gasteiger partial charge in [-0.1, -0.05) is 42.0 Å². The molecule has 4 rings (SSSR count). The first-order valence-corrected chi connectivity index (χ1v) is 8.24. The molecule has 0 unspecified atom stereocenters. The monoisotopic (exact) mass is 326 g/mol. The second kappa shape index (κ2) is 6.69. The molecule has 0 atom stereocenters. The highest BCUT2D eigenvalue weighted by molar-refractivity contribution is 5.89. The molecule has 1 N–H and O–H groups in total. The summed E-state index contributed by atoms with van der Waals surface area (Å²) >= 11 is 0. The van der Waals surface area contributed by atoms with Crippen LogP contribution in [0.2, 0.25) is 0 Å². The van der Waals surface area contributed by atoms with Gasteiger partial charge >= 0.3 is 0 Å². The third-order valence-electron chi connectivity index (χ3n) is 4.20. The summed E-state index contributed by atoms with van der Waals surface area (Å²) in [4.78, 5) is 12.9. The van der Waals surface area contributed by atoms with Gasteiger partial charge in [0.05, 0.1) is 5.52 Å². The average molecular weight is 326 g/mol. The molecule has 2 aromatic heterocycles. The number of nitrogens with zero attached hydrogens (tertiary/aromatic N) is 3. The highest BCUT2D eigenvalue weighted by atomic mass is 15.0. The summed E-state index contributed by atoms with van der Waals surface area (Å²) in [7, 11) is 0. The number of nitrogens with one attached hydrogen (secondary N) is 1. The van der Waals surface area contributed by atoms with E-state index in [1.165, 1.54) is 16.7 Å². The zero-order chi connectivity index (χ0) is 17.1. The van der Waals surface area contributed by atoms with Crippen LogP contribution in [0, 0.1) is 6.92 Å². The van der Waals surface area contributed by atoms with Crippen LogP contribution in [0.25, 0.3) is 22.0 Å². The topological polar surface area (TPSA) is 50.7 Å². The highest BCUT2D eigenvalue weighted by Crippen LogP contribution is 2.22. The Balaban J connectivity index is 1.53. The minimum absolute atomic E-state index is 0.716. The molecule has 0 spiro atoms. The number of pyridine rings is 1. The number of anilines is 1. The summed E-state index contributed by atoms with van der Waals surface area (Å²) in [6.45, 7) is 2.79. The van der Waals surface area contributed by atoms with Crippen molar-refractivity contribution in [1.82, 2.24) is 15.0 Å². The van der Waals surface area contributed by atoms with E-state index >= 15 is 0 Å². The zero-order valence-electron chi connectivity index (χ0n) is 14.0. The fourth-order valence-electron chi connectivity index (χ4n) is 2.85. The van der Waals surface area contributed by atoms with Crippen molar-refractivity contribution in [3.63, 3.8) is 0 Å².